The van der Waals surface area contributed by atoms with Gasteiger partial charge < -0.3 is 10.6 Å². The fourth-order valence-electron chi connectivity index (χ4n) is 2.63. The first kappa shape index (κ1) is 17.8. The van der Waals surface area contributed by atoms with Crippen molar-refractivity contribution >= 4 is 27.1 Å². The zero-order valence-electron chi connectivity index (χ0n) is 13.5. The number of hydrogen-bond donors (Lipinski definition) is 2. The van der Waals surface area contributed by atoms with Gasteiger partial charge in [0.05, 0.1) is 24.0 Å². The Morgan fingerprint density at radius 1 is 1.36 bits per heavy atom. The summed E-state index contributed by atoms with van der Waals surface area (Å²) in [6, 6.07) is 7.09. The molecule has 2 aromatic heterocycles. The number of pyridine rings is 1. The first-order valence-corrected chi connectivity index (χ1v) is 10.5. The van der Waals surface area contributed by atoms with Gasteiger partial charge in [-0.25, -0.2) is 8.42 Å². The third kappa shape index (κ3) is 5.22. The fraction of sp³-hybridized carbons (Fsp3) is 0.294. The highest BCUT2D eigenvalue weighted by atomic mass is 32.2. The molecule has 2 atom stereocenters. The molecule has 2 N–H and O–H groups in total. The number of nitrogens with one attached hydrogen (secondary N) is 2. The van der Waals surface area contributed by atoms with Gasteiger partial charge in [0.1, 0.15) is 0 Å². The molecule has 6 nitrogen and oxygen atoms in total. The lowest BCUT2D eigenvalue weighted by atomic mass is 10.1. The molecule has 1 aliphatic heterocycles. The van der Waals surface area contributed by atoms with E-state index in [4.69, 9.17) is 0 Å². The predicted molar refractivity (Wildman–Crippen MR) is 97.9 cm³/mol. The third-order valence-electron chi connectivity index (χ3n) is 3.85. The van der Waals surface area contributed by atoms with Crippen molar-refractivity contribution in [3.8, 4) is 0 Å². The molecule has 0 unspecified atom stereocenters. The maximum absolute atomic E-state index is 12.3. The third-order valence-corrected chi connectivity index (χ3v) is 5.98. The van der Waals surface area contributed by atoms with Crippen LogP contribution in [0.15, 0.2) is 52.7 Å². The van der Waals surface area contributed by atoms with Gasteiger partial charge in [0.25, 0.3) is 0 Å². The Morgan fingerprint density at radius 2 is 2.24 bits per heavy atom. The van der Waals surface area contributed by atoms with E-state index in [1.54, 1.807) is 23.6 Å². The van der Waals surface area contributed by atoms with E-state index < -0.39 is 9.84 Å². The van der Waals surface area contributed by atoms with Crippen LogP contribution in [0, 0.1) is 0 Å². The topological polar surface area (TPSA) is 88.2 Å². The number of amides is 1. The summed E-state index contributed by atoms with van der Waals surface area (Å²) >= 11 is 1.61. The molecule has 25 heavy (non-hydrogen) atoms. The zero-order valence-corrected chi connectivity index (χ0v) is 15.1. The lowest BCUT2D eigenvalue weighted by Gasteiger charge is -2.19. The van der Waals surface area contributed by atoms with Gasteiger partial charge in [0, 0.05) is 17.6 Å². The Kier molecular flexibility index (Phi) is 5.62. The summed E-state index contributed by atoms with van der Waals surface area (Å²) < 4.78 is 22.8. The van der Waals surface area contributed by atoms with Gasteiger partial charge in [-0.1, -0.05) is 12.1 Å². The summed E-state index contributed by atoms with van der Waals surface area (Å²) in [5.41, 5.74) is 1.93. The van der Waals surface area contributed by atoms with Crippen LogP contribution in [0.1, 0.15) is 17.3 Å². The van der Waals surface area contributed by atoms with Crippen molar-refractivity contribution in [2.45, 2.75) is 18.5 Å². The minimum absolute atomic E-state index is 0.00114. The van der Waals surface area contributed by atoms with E-state index in [1.807, 2.05) is 29.6 Å². The molecular weight excluding hydrogens is 358 g/mol. The van der Waals surface area contributed by atoms with Gasteiger partial charge in [-0.15, -0.1) is 0 Å². The van der Waals surface area contributed by atoms with Crippen molar-refractivity contribution < 1.29 is 13.2 Å². The van der Waals surface area contributed by atoms with Crippen molar-refractivity contribution in [2.75, 3.05) is 12.3 Å². The molecule has 1 aliphatic rings. The minimum atomic E-state index is -3.13. The van der Waals surface area contributed by atoms with Crippen LogP contribution in [-0.4, -0.2) is 37.6 Å². The molecule has 0 saturated heterocycles. The quantitative estimate of drug-likeness (QED) is 0.762. The number of aromatic nitrogens is 1. The average molecular weight is 377 g/mol. The van der Waals surface area contributed by atoms with Gasteiger partial charge in [0.2, 0.25) is 5.91 Å². The number of carbonyl (C=O) groups excluding carboxylic acids is 1. The number of hydrogen-bond acceptors (Lipinski definition) is 6. The molecule has 0 saturated carbocycles. The van der Waals surface area contributed by atoms with Crippen LogP contribution in [0.3, 0.4) is 0 Å². The Morgan fingerprint density at radius 3 is 2.88 bits per heavy atom. The van der Waals surface area contributed by atoms with Gasteiger partial charge in [0.15, 0.2) is 9.84 Å². The predicted octanol–water partition coefficient (Wildman–Crippen LogP) is 1.44. The first-order valence-electron chi connectivity index (χ1n) is 7.87. The Balaban J connectivity index is 1.59. The monoisotopic (exact) mass is 377 g/mol. The van der Waals surface area contributed by atoms with E-state index in [1.165, 1.54) is 5.41 Å². The summed E-state index contributed by atoms with van der Waals surface area (Å²) in [5, 5.41) is 11.2. The van der Waals surface area contributed by atoms with Crippen LogP contribution in [0.25, 0.3) is 0 Å². The van der Waals surface area contributed by atoms with Crippen LogP contribution in [0.4, 0.5) is 0 Å². The maximum atomic E-state index is 12.3. The van der Waals surface area contributed by atoms with E-state index in [-0.39, 0.29) is 30.3 Å². The number of nitrogens with zero attached hydrogens (tertiary/aromatic N) is 1. The van der Waals surface area contributed by atoms with Gasteiger partial charge in [-0.2, -0.15) is 11.3 Å². The first-order chi connectivity index (χ1) is 12.0. The van der Waals surface area contributed by atoms with Crippen molar-refractivity contribution in [3.05, 3.63) is 64.0 Å². The molecule has 2 aromatic rings. The lowest BCUT2D eigenvalue weighted by molar-refractivity contribution is -0.121. The van der Waals surface area contributed by atoms with E-state index in [9.17, 15) is 13.2 Å². The highest BCUT2D eigenvalue weighted by molar-refractivity contribution is 7.94. The van der Waals surface area contributed by atoms with Crippen molar-refractivity contribution in [1.29, 1.82) is 0 Å². The van der Waals surface area contributed by atoms with Crippen LogP contribution in [-0.2, 0) is 21.1 Å². The normalized spacial score (nSPS) is 19.6. The fourth-order valence-corrected chi connectivity index (χ4v) is 4.58. The van der Waals surface area contributed by atoms with Crippen LogP contribution in [0.5, 0.6) is 0 Å². The largest absolute Gasteiger partial charge is 0.346 e. The second-order valence-electron chi connectivity index (χ2n) is 5.86. The standard InChI is InChI=1S/C17H19N3O3S2/c21-17(10-19-14-5-8-25(22,23)12-14)20-16(9-13-4-7-24-11-13)15-3-1-2-6-18-15/h1-8,11,14,16,19H,9-10,12H2,(H,20,21)/t14-,16-/m0/s1. The number of thiophene rings is 1. The lowest BCUT2D eigenvalue weighted by Crippen LogP contribution is -2.41. The summed E-state index contributed by atoms with van der Waals surface area (Å²) in [6.45, 7) is 0.0531. The Labute approximate surface area is 150 Å². The summed E-state index contributed by atoms with van der Waals surface area (Å²) in [5.74, 6) is -0.192. The minimum Gasteiger partial charge on any atom is -0.346 e. The van der Waals surface area contributed by atoms with E-state index in [0.29, 0.717) is 6.42 Å². The van der Waals surface area contributed by atoms with E-state index in [2.05, 4.69) is 21.0 Å². The number of carbonyl (C=O) groups is 1. The molecule has 1 amide bonds. The Bertz CT molecular complexity index is 833. The van der Waals surface area contributed by atoms with Gasteiger partial charge >= 0.3 is 0 Å². The highest BCUT2D eigenvalue weighted by Crippen LogP contribution is 2.18. The van der Waals surface area contributed by atoms with Gasteiger partial charge in [-0.05, 0) is 40.9 Å². The summed E-state index contributed by atoms with van der Waals surface area (Å²) in [4.78, 5) is 16.6. The molecule has 0 aliphatic carbocycles. The zero-order chi connectivity index (χ0) is 17.7. The summed E-state index contributed by atoms with van der Waals surface area (Å²) in [7, 11) is -3.13. The van der Waals surface area contributed by atoms with Crippen LogP contribution < -0.4 is 10.6 Å². The summed E-state index contributed by atoms with van der Waals surface area (Å²) in [6.07, 6.45) is 3.93. The van der Waals surface area contributed by atoms with E-state index >= 15 is 0 Å². The molecular formula is C17H19N3O3S2. The molecule has 3 rings (SSSR count). The van der Waals surface area contributed by atoms with Gasteiger partial charge in [-0.3, -0.25) is 9.78 Å². The molecule has 0 radical (unpaired) electrons. The Hall–Kier alpha value is -2.03. The second-order valence-corrected chi connectivity index (χ2v) is 8.57. The van der Waals surface area contributed by atoms with Crippen molar-refractivity contribution in [2.24, 2.45) is 0 Å². The highest BCUT2D eigenvalue weighted by Gasteiger charge is 2.22. The molecule has 8 heteroatoms. The second kappa shape index (κ2) is 7.90. The van der Waals surface area contributed by atoms with E-state index in [0.717, 1.165) is 11.3 Å². The molecule has 0 aromatic carbocycles. The maximum Gasteiger partial charge on any atom is 0.234 e. The van der Waals surface area contributed by atoms with Crippen molar-refractivity contribution in [3.63, 3.8) is 0 Å². The molecule has 132 valence electrons. The average Bonchev–Trinajstić information content (AvgIpc) is 3.22. The molecule has 0 bridgehead atoms. The number of rotatable bonds is 7. The smallest absolute Gasteiger partial charge is 0.234 e. The molecule has 0 spiro atoms. The SMILES string of the molecule is O=C(CN[C@H]1C=CS(=O)(=O)C1)N[C@@H](Cc1ccsc1)c1ccccn1. The van der Waals surface area contributed by atoms with Crippen LogP contribution >= 0.6 is 11.3 Å². The molecule has 0 fully saturated rings. The molecule has 3 heterocycles. The van der Waals surface area contributed by atoms with Crippen LogP contribution in [0.2, 0.25) is 0 Å². The van der Waals surface area contributed by atoms with Crippen molar-refractivity contribution in [1.82, 2.24) is 15.6 Å². The number of sulfone groups is 1.